The summed E-state index contributed by atoms with van der Waals surface area (Å²) >= 11 is 18.6. The first-order valence-electron chi connectivity index (χ1n) is 8.38. The molecule has 0 saturated carbocycles. The fraction of sp³-hybridized carbons (Fsp3) is 0.200. The number of rotatable bonds is 6. The second-order valence-electron chi connectivity index (χ2n) is 6.03. The molecular weight excluding hydrogens is 437 g/mol. The number of ether oxygens (including phenoxy) is 2. The van der Waals surface area contributed by atoms with E-state index in [-0.39, 0.29) is 5.91 Å². The van der Waals surface area contributed by atoms with Crippen LogP contribution in [0.1, 0.15) is 11.1 Å². The summed E-state index contributed by atoms with van der Waals surface area (Å²) in [4.78, 5) is 14.2. The summed E-state index contributed by atoms with van der Waals surface area (Å²) in [7, 11) is 1.66. The van der Waals surface area contributed by atoms with Gasteiger partial charge in [0.2, 0.25) is 0 Å². The number of benzene rings is 2. The lowest BCUT2D eigenvalue weighted by Gasteiger charge is -2.12. The molecule has 1 aliphatic heterocycles. The number of nitrogens with zero attached hydrogens (tertiary/aromatic N) is 1. The summed E-state index contributed by atoms with van der Waals surface area (Å²) in [6.45, 7) is 2.61. The van der Waals surface area contributed by atoms with Gasteiger partial charge in [0.15, 0.2) is 0 Å². The van der Waals surface area contributed by atoms with E-state index >= 15 is 0 Å². The van der Waals surface area contributed by atoms with Crippen molar-refractivity contribution in [1.29, 1.82) is 0 Å². The molecule has 0 aliphatic carbocycles. The zero-order chi connectivity index (χ0) is 20.3. The number of thioether (sulfide) groups is 1. The maximum atomic E-state index is 12.2. The number of thiocarbonyl (C=S) groups is 1. The van der Waals surface area contributed by atoms with Gasteiger partial charge >= 0.3 is 0 Å². The van der Waals surface area contributed by atoms with Crippen LogP contribution in [0.4, 0.5) is 0 Å². The topological polar surface area (TPSA) is 38.8 Å². The van der Waals surface area contributed by atoms with Crippen LogP contribution in [0.15, 0.2) is 41.3 Å². The molecule has 0 atom stereocenters. The van der Waals surface area contributed by atoms with Gasteiger partial charge in [0, 0.05) is 22.7 Å². The molecule has 0 unspecified atom stereocenters. The molecule has 146 valence electrons. The van der Waals surface area contributed by atoms with E-state index < -0.39 is 0 Å². The summed E-state index contributed by atoms with van der Waals surface area (Å²) in [5.41, 5.74) is 1.66. The van der Waals surface area contributed by atoms with Gasteiger partial charge in [-0.05, 0) is 55.0 Å². The molecule has 2 aromatic carbocycles. The molecule has 4 nitrogen and oxygen atoms in total. The molecule has 1 fully saturated rings. The van der Waals surface area contributed by atoms with E-state index in [1.165, 1.54) is 16.7 Å². The number of aryl methyl sites for hydroxylation is 1. The van der Waals surface area contributed by atoms with Gasteiger partial charge in [-0.3, -0.25) is 9.69 Å². The fourth-order valence-corrected chi connectivity index (χ4v) is 3.94. The van der Waals surface area contributed by atoms with Crippen molar-refractivity contribution in [1.82, 2.24) is 4.90 Å². The van der Waals surface area contributed by atoms with Crippen LogP contribution in [0, 0.1) is 6.92 Å². The molecule has 0 spiro atoms. The summed E-state index contributed by atoms with van der Waals surface area (Å²) in [6.07, 6.45) is 1.74. The molecule has 3 rings (SSSR count). The van der Waals surface area contributed by atoms with Crippen molar-refractivity contribution < 1.29 is 14.3 Å². The van der Waals surface area contributed by atoms with Crippen LogP contribution in [-0.2, 0) is 4.79 Å². The second kappa shape index (κ2) is 9.18. The third-order valence-electron chi connectivity index (χ3n) is 3.98. The Hall–Kier alpha value is -1.73. The van der Waals surface area contributed by atoms with Crippen LogP contribution < -0.4 is 9.47 Å². The fourth-order valence-electron chi connectivity index (χ4n) is 2.47. The molecule has 1 saturated heterocycles. The Morgan fingerprint density at radius 2 is 1.89 bits per heavy atom. The van der Waals surface area contributed by atoms with E-state index in [0.717, 1.165) is 11.3 Å². The van der Waals surface area contributed by atoms with Gasteiger partial charge in [-0.2, -0.15) is 0 Å². The Morgan fingerprint density at radius 1 is 1.14 bits per heavy atom. The zero-order valence-corrected chi connectivity index (χ0v) is 18.3. The average Bonchev–Trinajstić information content (AvgIpc) is 2.90. The number of hydrogen-bond acceptors (Lipinski definition) is 5. The molecule has 0 aromatic heterocycles. The average molecular weight is 454 g/mol. The molecule has 0 radical (unpaired) electrons. The number of hydrogen-bond donors (Lipinski definition) is 0. The highest BCUT2D eigenvalue weighted by Crippen LogP contribution is 2.34. The summed E-state index contributed by atoms with van der Waals surface area (Å²) < 4.78 is 12.1. The molecule has 28 heavy (non-hydrogen) atoms. The summed E-state index contributed by atoms with van der Waals surface area (Å²) in [5.74, 6) is 1.21. The Morgan fingerprint density at radius 3 is 2.57 bits per heavy atom. The first-order valence-corrected chi connectivity index (χ1v) is 10.4. The molecule has 1 heterocycles. The molecule has 0 bridgehead atoms. The van der Waals surface area contributed by atoms with Crippen molar-refractivity contribution in [3.8, 4) is 11.5 Å². The molecular formula is C20H17Cl2NO3S2. The Balaban J connectivity index is 1.67. The van der Waals surface area contributed by atoms with Crippen LogP contribution in [0.25, 0.3) is 6.08 Å². The third-order valence-corrected chi connectivity index (χ3v) is 6.13. The summed E-state index contributed by atoms with van der Waals surface area (Å²) in [5, 5.41) is 1.25. The van der Waals surface area contributed by atoms with Gasteiger partial charge < -0.3 is 9.47 Å². The summed E-state index contributed by atoms with van der Waals surface area (Å²) in [6, 6.07) is 10.8. The van der Waals surface area contributed by atoms with E-state index in [2.05, 4.69) is 0 Å². The highest BCUT2D eigenvalue weighted by molar-refractivity contribution is 8.26. The van der Waals surface area contributed by atoms with Crippen LogP contribution >= 0.6 is 47.2 Å². The predicted molar refractivity (Wildman–Crippen MR) is 120 cm³/mol. The third kappa shape index (κ3) is 5.00. The molecule has 1 aliphatic rings. The highest BCUT2D eigenvalue weighted by atomic mass is 35.5. The predicted octanol–water partition coefficient (Wildman–Crippen LogP) is 5.59. The van der Waals surface area contributed by atoms with Gasteiger partial charge in [0.05, 0.1) is 4.91 Å². The van der Waals surface area contributed by atoms with Gasteiger partial charge in [0.25, 0.3) is 5.91 Å². The Kier molecular flexibility index (Phi) is 6.88. The second-order valence-corrected chi connectivity index (χ2v) is 8.55. The van der Waals surface area contributed by atoms with Crippen LogP contribution in [0.3, 0.4) is 0 Å². The van der Waals surface area contributed by atoms with Crippen LogP contribution in [-0.4, -0.2) is 35.4 Å². The van der Waals surface area contributed by atoms with Crippen LogP contribution in [0.5, 0.6) is 11.5 Å². The molecule has 2 aromatic rings. The number of halogens is 2. The zero-order valence-electron chi connectivity index (χ0n) is 15.2. The van der Waals surface area contributed by atoms with E-state index in [0.29, 0.717) is 43.8 Å². The van der Waals surface area contributed by atoms with Crippen molar-refractivity contribution in [3.63, 3.8) is 0 Å². The number of likely N-dealkylation sites (N-methyl/N-ethyl adjacent to an activating group) is 1. The monoisotopic (exact) mass is 453 g/mol. The number of carbonyl (C=O) groups excluding carboxylic acids is 1. The lowest BCUT2D eigenvalue weighted by molar-refractivity contribution is -0.121. The maximum Gasteiger partial charge on any atom is 0.265 e. The van der Waals surface area contributed by atoms with Gasteiger partial charge in [-0.1, -0.05) is 47.2 Å². The molecule has 8 heteroatoms. The van der Waals surface area contributed by atoms with Gasteiger partial charge in [0.1, 0.15) is 29.0 Å². The smallest absolute Gasteiger partial charge is 0.265 e. The Labute approximate surface area is 183 Å². The van der Waals surface area contributed by atoms with Crippen molar-refractivity contribution in [2.75, 3.05) is 20.3 Å². The van der Waals surface area contributed by atoms with E-state index in [1.807, 2.05) is 19.1 Å². The Bertz CT molecular complexity index is 962. The van der Waals surface area contributed by atoms with Crippen LogP contribution in [0.2, 0.25) is 10.0 Å². The van der Waals surface area contributed by atoms with E-state index in [1.54, 1.807) is 37.4 Å². The van der Waals surface area contributed by atoms with E-state index in [4.69, 9.17) is 44.9 Å². The standard InChI is InChI=1S/C20H17Cl2NO3S2/c1-12-9-15(4-5-16(12)22)25-7-8-26-17-6-3-14(21)10-13(17)11-18-19(24)23(2)20(27)28-18/h3-6,9-11H,7-8H2,1-2H3/b18-11-. The van der Waals surface area contributed by atoms with Gasteiger partial charge in [-0.25, -0.2) is 0 Å². The quantitative estimate of drug-likeness (QED) is 0.323. The van der Waals surface area contributed by atoms with Crippen molar-refractivity contribution in [2.45, 2.75) is 6.92 Å². The minimum atomic E-state index is -0.137. The first-order chi connectivity index (χ1) is 13.3. The maximum absolute atomic E-state index is 12.2. The van der Waals surface area contributed by atoms with Crippen molar-refractivity contribution in [2.24, 2.45) is 0 Å². The minimum absolute atomic E-state index is 0.137. The minimum Gasteiger partial charge on any atom is -0.490 e. The number of carbonyl (C=O) groups is 1. The van der Waals surface area contributed by atoms with Crippen molar-refractivity contribution in [3.05, 3.63) is 62.5 Å². The normalized spacial score (nSPS) is 15.4. The van der Waals surface area contributed by atoms with Crippen molar-refractivity contribution >= 4 is 63.5 Å². The van der Waals surface area contributed by atoms with E-state index in [9.17, 15) is 4.79 Å². The highest BCUT2D eigenvalue weighted by Gasteiger charge is 2.29. The molecule has 1 amide bonds. The SMILES string of the molecule is Cc1cc(OCCOc2ccc(Cl)cc2/C=C2\SC(=S)N(C)C2=O)ccc1Cl. The first kappa shape index (κ1) is 21.0. The lowest BCUT2D eigenvalue weighted by Crippen LogP contribution is -2.22. The number of amides is 1. The lowest BCUT2D eigenvalue weighted by atomic mass is 10.2. The molecule has 0 N–H and O–H groups in total. The van der Waals surface area contributed by atoms with Gasteiger partial charge in [-0.15, -0.1) is 0 Å². The largest absolute Gasteiger partial charge is 0.490 e.